The molecule has 136 valence electrons. The summed E-state index contributed by atoms with van der Waals surface area (Å²) in [6.07, 6.45) is 4.12. The first-order valence-electron chi connectivity index (χ1n) is 8.33. The maximum atomic E-state index is 12.9. The van der Waals surface area contributed by atoms with Crippen molar-refractivity contribution >= 4 is 57.2 Å². The number of aryl methyl sites for hydroxylation is 1. The van der Waals surface area contributed by atoms with Crippen LogP contribution in [0.4, 0.5) is 0 Å². The molecule has 1 aliphatic heterocycles. The summed E-state index contributed by atoms with van der Waals surface area (Å²) in [7, 11) is 1.95. The minimum absolute atomic E-state index is 0.141. The molecule has 1 saturated heterocycles. The molecule has 2 aromatic rings. The lowest BCUT2D eigenvalue weighted by Crippen LogP contribution is -2.44. The number of carboxylic acid groups (broad SMARTS) is 1. The molecule has 1 unspecified atom stereocenters. The molecule has 1 amide bonds. The van der Waals surface area contributed by atoms with Crippen molar-refractivity contribution in [3.63, 3.8) is 0 Å². The maximum absolute atomic E-state index is 12.9. The van der Waals surface area contributed by atoms with Crippen LogP contribution in [0.2, 0.25) is 0 Å². The van der Waals surface area contributed by atoms with Crippen LogP contribution in [0.3, 0.4) is 0 Å². The molecule has 1 aromatic heterocycles. The van der Waals surface area contributed by atoms with Crippen molar-refractivity contribution in [3.8, 4) is 0 Å². The van der Waals surface area contributed by atoms with Crippen LogP contribution in [0.5, 0.6) is 0 Å². The summed E-state index contributed by atoms with van der Waals surface area (Å²) >= 11 is 6.48. The highest BCUT2D eigenvalue weighted by molar-refractivity contribution is 8.26. The summed E-state index contributed by atoms with van der Waals surface area (Å²) in [5.41, 5.74) is 1.98. The van der Waals surface area contributed by atoms with Crippen molar-refractivity contribution in [1.82, 2.24) is 9.47 Å². The van der Waals surface area contributed by atoms with Gasteiger partial charge >= 0.3 is 5.97 Å². The van der Waals surface area contributed by atoms with Crippen LogP contribution >= 0.6 is 24.0 Å². The number of fused-ring (bicyclic) bond motifs is 1. The van der Waals surface area contributed by atoms with Crippen LogP contribution in [0.1, 0.15) is 25.8 Å². The smallest absolute Gasteiger partial charge is 0.326 e. The number of thiocarbonyl (C=S) groups is 1. The Bertz CT molecular complexity index is 930. The third kappa shape index (κ3) is 3.41. The molecule has 3 rings (SSSR count). The van der Waals surface area contributed by atoms with Gasteiger partial charge in [-0.1, -0.05) is 56.0 Å². The van der Waals surface area contributed by atoms with Gasteiger partial charge in [0.2, 0.25) is 0 Å². The van der Waals surface area contributed by atoms with Crippen molar-refractivity contribution in [2.24, 2.45) is 13.0 Å². The fraction of sp³-hybridized carbons (Fsp3) is 0.316. The average molecular weight is 389 g/mol. The summed E-state index contributed by atoms with van der Waals surface area (Å²) in [5, 5.41) is 10.6. The zero-order valence-corrected chi connectivity index (χ0v) is 16.4. The average Bonchev–Trinajstić information content (AvgIpc) is 3.03. The van der Waals surface area contributed by atoms with E-state index in [9.17, 15) is 14.7 Å². The number of aliphatic carboxylic acids is 1. The second-order valence-corrected chi connectivity index (χ2v) is 8.42. The van der Waals surface area contributed by atoms with Crippen LogP contribution in [-0.4, -0.2) is 36.8 Å². The molecule has 1 atom stereocenters. The van der Waals surface area contributed by atoms with E-state index < -0.39 is 12.0 Å². The number of benzene rings is 1. The van der Waals surface area contributed by atoms with E-state index in [1.807, 2.05) is 55.9 Å². The van der Waals surface area contributed by atoms with Gasteiger partial charge in [-0.15, -0.1) is 0 Å². The van der Waals surface area contributed by atoms with E-state index in [1.165, 1.54) is 4.90 Å². The van der Waals surface area contributed by atoms with Crippen LogP contribution < -0.4 is 0 Å². The number of rotatable bonds is 5. The third-order valence-electron chi connectivity index (χ3n) is 4.33. The van der Waals surface area contributed by atoms with Crippen molar-refractivity contribution in [2.45, 2.75) is 26.3 Å². The van der Waals surface area contributed by atoms with Crippen LogP contribution in [0.15, 0.2) is 35.4 Å². The van der Waals surface area contributed by atoms with Gasteiger partial charge in [0.05, 0.1) is 4.91 Å². The zero-order valence-electron chi connectivity index (χ0n) is 14.8. The van der Waals surface area contributed by atoms with E-state index in [0.29, 0.717) is 15.6 Å². The number of hydrogen-bond donors (Lipinski definition) is 1. The SMILES string of the molecule is CC(C)CC(C(=O)O)N1C(=O)C(=Cc2cn(C)c3ccccc23)SC1=S. The molecule has 0 saturated carbocycles. The monoisotopic (exact) mass is 388 g/mol. The van der Waals surface area contributed by atoms with Gasteiger partial charge in [0.1, 0.15) is 10.4 Å². The Labute approximate surface area is 161 Å². The van der Waals surface area contributed by atoms with Crippen LogP contribution in [-0.2, 0) is 16.6 Å². The highest BCUT2D eigenvalue weighted by Gasteiger charge is 2.40. The molecular formula is C19H20N2O3S2. The van der Waals surface area contributed by atoms with Gasteiger partial charge in [-0.25, -0.2) is 4.79 Å². The van der Waals surface area contributed by atoms with Gasteiger partial charge in [-0.2, -0.15) is 0 Å². The molecular weight excluding hydrogens is 368 g/mol. The summed E-state index contributed by atoms with van der Waals surface area (Å²) in [5.74, 6) is -1.22. The van der Waals surface area contributed by atoms with Gasteiger partial charge in [0.15, 0.2) is 0 Å². The molecule has 0 bridgehead atoms. The molecule has 2 heterocycles. The standard InChI is InChI=1S/C19H20N2O3S2/c1-11(2)8-15(18(23)24)21-17(22)16(26-19(21)25)9-12-10-20(3)14-7-5-4-6-13(12)14/h4-7,9-11,15H,8H2,1-3H3,(H,23,24). The van der Waals surface area contributed by atoms with Crippen molar-refractivity contribution < 1.29 is 14.7 Å². The fourth-order valence-electron chi connectivity index (χ4n) is 3.14. The van der Waals surface area contributed by atoms with E-state index in [-0.39, 0.29) is 11.8 Å². The van der Waals surface area contributed by atoms with Crippen molar-refractivity contribution in [3.05, 3.63) is 40.9 Å². The zero-order chi connectivity index (χ0) is 19.0. The summed E-state index contributed by atoms with van der Waals surface area (Å²) in [4.78, 5) is 26.2. The molecule has 1 fully saturated rings. The molecule has 26 heavy (non-hydrogen) atoms. The van der Waals surface area contributed by atoms with E-state index in [2.05, 4.69) is 0 Å². The number of carbonyl (C=O) groups excluding carboxylic acids is 1. The first kappa shape index (κ1) is 18.7. The second kappa shape index (κ2) is 7.25. The lowest BCUT2D eigenvalue weighted by molar-refractivity contribution is -0.145. The molecule has 1 aliphatic rings. The molecule has 1 N–H and O–H groups in total. The summed E-state index contributed by atoms with van der Waals surface area (Å²) in [6, 6.07) is 7.01. The van der Waals surface area contributed by atoms with Gasteiger partial charge in [0, 0.05) is 29.7 Å². The number of hydrogen-bond acceptors (Lipinski definition) is 4. The van der Waals surface area contributed by atoms with Gasteiger partial charge in [0.25, 0.3) is 5.91 Å². The Kier molecular flexibility index (Phi) is 5.20. The topological polar surface area (TPSA) is 62.5 Å². The number of nitrogens with zero attached hydrogens (tertiary/aromatic N) is 2. The number of thioether (sulfide) groups is 1. The Balaban J connectivity index is 1.97. The van der Waals surface area contributed by atoms with E-state index in [0.717, 1.165) is 28.2 Å². The highest BCUT2D eigenvalue weighted by atomic mass is 32.2. The van der Waals surface area contributed by atoms with Crippen molar-refractivity contribution in [1.29, 1.82) is 0 Å². The highest BCUT2D eigenvalue weighted by Crippen LogP contribution is 2.36. The molecule has 0 spiro atoms. The van der Waals surface area contributed by atoms with Crippen LogP contribution in [0.25, 0.3) is 17.0 Å². The number of carboxylic acids is 1. The largest absolute Gasteiger partial charge is 0.480 e. The number of aromatic nitrogens is 1. The van der Waals surface area contributed by atoms with Gasteiger partial charge in [-0.3, -0.25) is 9.69 Å². The maximum Gasteiger partial charge on any atom is 0.326 e. The lowest BCUT2D eigenvalue weighted by atomic mass is 10.0. The predicted octanol–water partition coefficient (Wildman–Crippen LogP) is 3.88. The summed E-state index contributed by atoms with van der Waals surface area (Å²) < 4.78 is 2.30. The Morgan fingerprint density at radius 3 is 2.69 bits per heavy atom. The normalized spacial score (nSPS) is 17.7. The van der Waals surface area contributed by atoms with E-state index in [4.69, 9.17) is 12.2 Å². The lowest BCUT2D eigenvalue weighted by Gasteiger charge is -2.24. The molecule has 5 nitrogen and oxygen atoms in total. The fourth-order valence-corrected chi connectivity index (χ4v) is 4.49. The first-order valence-corrected chi connectivity index (χ1v) is 9.56. The minimum atomic E-state index is -1.03. The van der Waals surface area contributed by atoms with Crippen LogP contribution in [0, 0.1) is 5.92 Å². The Morgan fingerprint density at radius 2 is 2.04 bits per heavy atom. The summed E-state index contributed by atoms with van der Waals surface area (Å²) in [6.45, 7) is 3.86. The first-order chi connectivity index (χ1) is 12.3. The Morgan fingerprint density at radius 1 is 1.35 bits per heavy atom. The molecule has 1 aromatic carbocycles. The quantitative estimate of drug-likeness (QED) is 0.622. The molecule has 0 aliphatic carbocycles. The third-order valence-corrected chi connectivity index (χ3v) is 5.66. The van der Waals surface area contributed by atoms with E-state index in [1.54, 1.807) is 6.08 Å². The number of amides is 1. The second-order valence-electron chi connectivity index (χ2n) is 6.75. The van der Waals surface area contributed by atoms with E-state index >= 15 is 0 Å². The molecule has 7 heteroatoms. The molecule has 0 radical (unpaired) electrons. The number of para-hydroxylation sites is 1. The van der Waals surface area contributed by atoms with Gasteiger partial charge in [-0.05, 0) is 24.5 Å². The minimum Gasteiger partial charge on any atom is -0.480 e. The number of carbonyl (C=O) groups is 2. The Hall–Kier alpha value is -2.12. The predicted molar refractivity (Wildman–Crippen MR) is 109 cm³/mol. The van der Waals surface area contributed by atoms with Crippen molar-refractivity contribution in [2.75, 3.05) is 0 Å². The van der Waals surface area contributed by atoms with Gasteiger partial charge < -0.3 is 9.67 Å².